The van der Waals surface area contributed by atoms with Crippen molar-refractivity contribution in [2.24, 2.45) is 10.9 Å². The highest BCUT2D eigenvalue weighted by Gasteiger charge is 2.10. The predicted octanol–water partition coefficient (Wildman–Crippen LogP) is 5.48. The van der Waals surface area contributed by atoms with Gasteiger partial charge in [0.15, 0.2) is 0 Å². The summed E-state index contributed by atoms with van der Waals surface area (Å²) < 4.78 is 0. The van der Waals surface area contributed by atoms with Crippen molar-refractivity contribution >= 4 is 47.6 Å². The monoisotopic (exact) mass is 461 g/mol. The van der Waals surface area contributed by atoms with Crippen LogP contribution in [-0.2, 0) is 4.79 Å². The maximum atomic E-state index is 10.1. The minimum Gasteiger partial charge on any atom is -0.361 e. The Morgan fingerprint density at radius 2 is 2.03 bits per heavy atom. The maximum absolute atomic E-state index is 10.1. The Labute approximate surface area is 195 Å². The number of hydrogen-bond acceptors (Lipinski definition) is 8. The van der Waals surface area contributed by atoms with Gasteiger partial charge in [0.05, 0.1) is 27.2 Å². The van der Waals surface area contributed by atoms with Gasteiger partial charge in [-0.15, -0.1) is 23.1 Å². The van der Waals surface area contributed by atoms with Crippen molar-refractivity contribution in [1.82, 2.24) is 15.3 Å². The van der Waals surface area contributed by atoms with Crippen LogP contribution in [0.4, 0.5) is 5.82 Å². The van der Waals surface area contributed by atoms with Gasteiger partial charge < -0.3 is 15.4 Å². The zero-order valence-electron chi connectivity index (χ0n) is 19.3. The van der Waals surface area contributed by atoms with Crippen molar-refractivity contribution < 1.29 is 4.79 Å². The number of rotatable bonds is 7. The minimum absolute atomic E-state index is 0.344. The molecule has 0 atom stereocenters. The van der Waals surface area contributed by atoms with Gasteiger partial charge in [-0.25, -0.2) is 9.97 Å². The maximum Gasteiger partial charge on any atom is 0.126 e. The molecule has 3 rings (SSSR count). The Kier molecular flexibility index (Phi) is 13.7. The normalized spacial score (nSPS) is 13.9. The summed E-state index contributed by atoms with van der Waals surface area (Å²) in [6.07, 6.45) is 4.98. The molecule has 1 aliphatic rings. The van der Waals surface area contributed by atoms with Crippen LogP contribution in [0.15, 0.2) is 28.7 Å². The van der Waals surface area contributed by atoms with E-state index in [9.17, 15) is 4.79 Å². The zero-order valence-corrected chi connectivity index (χ0v) is 20.9. The fourth-order valence-corrected chi connectivity index (χ4v) is 4.36. The summed E-state index contributed by atoms with van der Waals surface area (Å²) in [6.45, 7) is 15.7. The van der Waals surface area contributed by atoms with Crippen molar-refractivity contribution in [2.75, 3.05) is 24.3 Å². The Morgan fingerprint density at radius 3 is 2.52 bits per heavy atom. The summed E-state index contributed by atoms with van der Waals surface area (Å²) >= 11 is 3.27. The van der Waals surface area contributed by atoms with Crippen molar-refractivity contribution in [3.63, 3.8) is 0 Å². The summed E-state index contributed by atoms with van der Waals surface area (Å²) in [5.74, 6) is 1.95. The molecule has 0 saturated carbocycles. The molecule has 0 aromatic carbocycles. The van der Waals surface area contributed by atoms with Crippen molar-refractivity contribution in [2.45, 2.75) is 47.5 Å². The zero-order chi connectivity index (χ0) is 23.1. The average Bonchev–Trinajstić information content (AvgIpc) is 3.15. The number of aldehydes is 1. The third kappa shape index (κ3) is 10.2. The average molecular weight is 462 g/mol. The molecule has 1 fully saturated rings. The number of aromatic nitrogens is 2. The molecular weight excluding hydrogens is 426 g/mol. The molecule has 6 nitrogen and oxygen atoms in total. The standard InChI is InChI=1S/C15H18N4S2.C6H11NO.C2H6/c1-10-5-6-14(17-7-10)18-9-20-8-13(16-4)15-11(2)19-12(3)21-15;8-5-6-1-3-7-4-2-6;1-2/h5-8H,4,9H2,1-3H3,(H,17,18);5-7H,1-4H2;1-2H3/b13-8-;;. The van der Waals surface area contributed by atoms with E-state index in [1.807, 2.05) is 58.4 Å². The van der Waals surface area contributed by atoms with E-state index in [0.29, 0.717) is 5.92 Å². The first kappa shape index (κ1) is 27.0. The van der Waals surface area contributed by atoms with Gasteiger partial charge in [0.25, 0.3) is 0 Å². The molecule has 1 saturated heterocycles. The highest BCUT2D eigenvalue weighted by Crippen LogP contribution is 2.28. The lowest BCUT2D eigenvalue weighted by molar-refractivity contribution is -0.111. The van der Waals surface area contributed by atoms with Gasteiger partial charge >= 0.3 is 0 Å². The van der Waals surface area contributed by atoms with Crippen LogP contribution in [0.25, 0.3) is 5.70 Å². The number of piperidine rings is 1. The molecule has 2 N–H and O–H groups in total. The van der Waals surface area contributed by atoms with Gasteiger partial charge in [0.2, 0.25) is 0 Å². The number of pyridine rings is 1. The van der Waals surface area contributed by atoms with Crippen molar-refractivity contribution in [1.29, 1.82) is 0 Å². The number of hydrogen-bond donors (Lipinski definition) is 2. The fourth-order valence-electron chi connectivity index (χ4n) is 2.72. The molecule has 170 valence electrons. The molecule has 0 amide bonds. The first-order chi connectivity index (χ1) is 15.0. The molecule has 2 aromatic rings. The number of aliphatic imine (C=N–C) groups is 1. The first-order valence-electron chi connectivity index (χ1n) is 10.6. The summed E-state index contributed by atoms with van der Waals surface area (Å²) in [5.41, 5.74) is 3.04. The van der Waals surface area contributed by atoms with Gasteiger partial charge in [-0.3, -0.25) is 4.99 Å². The third-order valence-electron chi connectivity index (χ3n) is 4.33. The molecule has 3 heterocycles. The first-order valence-corrected chi connectivity index (χ1v) is 12.5. The molecule has 0 spiro atoms. The van der Waals surface area contributed by atoms with Crippen LogP contribution in [0.2, 0.25) is 0 Å². The largest absolute Gasteiger partial charge is 0.361 e. The smallest absolute Gasteiger partial charge is 0.126 e. The van der Waals surface area contributed by atoms with Crippen LogP contribution in [0.1, 0.15) is 47.8 Å². The molecular formula is C23H35N5OS2. The molecule has 0 bridgehead atoms. The summed E-state index contributed by atoms with van der Waals surface area (Å²) in [7, 11) is 0. The number of nitrogens with one attached hydrogen (secondary N) is 2. The summed E-state index contributed by atoms with van der Waals surface area (Å²) in [4.78, 5) is 24.0. The molecule has 2 aromatic heterocycles. The number of nitrogens with zero attached hydrogens (tertiary/aromatic N) is 3. The van der Waals surface area contributed by atoms with E-state index in [1.54, 1.807) is 23.1 Å². The van der Waals surface area contributed by atoms with Gasteiger partial charge in [-0.2, -0.15) is 0 Å². The number of thiazole rings is 1. The van der Waals surface area contributed by atoms with Gasteiger partial charge in [0, 0.05) is 12.1 Å². The second-order valence-electron chi connectivity index (χ2n) is 6.74. The second kappa shape index (κ2) is 15.7. The molecule has 31 heavy (non-hydrogen) atoms. The highest BCUT2D eigenvalue weighted by atomic mass is 32.2. The highest BCUT2D eigenvalue weighted by molar-refractivity contribution is 8.02. The molecule has 1 aliphatic heterocycles. The lowest BCUT2D eigenvalue weighted by Gasteiger charge is -2.16. The Hall–Kier alpha value is -2.03. The third-order valence-corrected chi connectivity index (χ3v) is 6.12. The van der Waals surface area contributed by atoms with Gasteiger partial charge in [0.1, 0.15) is 12.1 Å². The van der Waals surface area contributed by atoms with Crippen molar-refractivity contribution in [3.05, 3.63) is 44.9 Å². The molecule has 8 heteroatoms. The Bertz CT molecular complexity index is 812. The Balaban J connectivity index is 0.000000400. The molecule has 0 radical (unpaired) electrons. The number of anilines is 1. The minimum atomic E-state index is 0.344. The Morgan fingerprint density at radius 1 is 1.32 bits per heavy atom. The fraction of sp³-hybridized carbons (Fsp3) is 0.478. The van der Waals surface area contributed by atoms with E-state index in [0.717, 1.165) is 70.8 Å². The number of aryl methyl sites for hydroxylation is 3. The van der Waals surface area contributed by atoms with E-state index in [-0.39, 0.29) is 0 Å². The van der Waals surface area contributed by atoms with Crippen LogP contribution in [0.5, 0.6) is 0 Å². The van der Waals surface area contributed by atoms with Gasteiger partial charge in [-0.05, 0) is 70.5 Å². The van der Waals surface area contributed by atoms with E-state index in [4.69, 9.17) is 0 Å². The summed E-state index contributed by atoms with van der Waals surface area (Å²) in [6, 6.07) is 4.01. The van der Waals surface area contributed by atoms with E-state index in [1.165, 1.54) is 0 Å². The van der Waals surface area contributed by atoms with Crippen LogP contribution >= 0.6 is 23.1 Å². The number of carbonyl (C=O) groups excluding carboxylic acids is 1. The quantitative estimate of drug-likeness (QED) is 0.246. The SMILES string of the molecule is C=N/C(=C\SCNc1ccc(C)cn1)c1sc(C)nc1C.CC.O=CC1CCNCC1. The topological polar surface area (TPSA) is 79.3 Å². The molecule has 0 aliphatic carbocycles. The van der Waals surface area contributed by atoms with Crippen LogP contribution in [0, 0.1) is 26.7 Å². The predicted molar refractivity (Wildman–Crippen MR) is 137 cm³/mol. The van der Waals surface area contributed by atoms with E-state index < -0.39 is 0 Å². The van der Waals surface area contributed by atoms with Crippen molar-refractivity contribution in [3.8, 4) is 0 Å². The van der Waals surface area contributed by atoms with E-state index >= 15 is 0 Å². The van der Waals surface area contributed by atoms with E-state index in [2.05, 4.69) is 32.3 Å². The lowest BCUT2D eigenvalue weighted by atomic mass is 10.0. The number of carbonyl (C=O) groups is 1. The summed E-state index contributed by atoms with van der Waals surface area (Å²) in [5, 5.41) is 9.50. The van der Waals surface area contributed by atoms with Crippen LogP contribution < -0.4 is 10.6 Å². The van der Waals surface area contributed by atoms with Gasteiger partial charge in [-0.1, -0.05) is 19.9 Å². The second-order valence-corrected chi connectivity index (χ2v) is 8.80. The molecule has 0 unspecified atom stereocenters. The van der Waals surface area contributed by atoms with Crippen LogP contribution in [-0.4, -0.2) is 41.9 Å². The van der Waals surface area contributed by atoms with Crippen LogP contribution in [0.3, 0.4) is 0 Å². The lowest BCUT2D eigenvalue weighted by Crippen LogP contribution is -2.28. The number of thioether (sulfide) groups is 1.